The van der Waals surface area contributed by atoms with Crippen molar-refractivity contribution in [2.24, 2.45) is 0 Å². The van der Waals surface area contributed by atoms with Crippen molar-refractivity contribution in [2.75, 3.05) is 14.2 Å². The zero-order valence-electron chi connectivity index (χ0n) is 7.06. The van der Waals surface area contributed by atoms with Crippen molar-refractivity contribution in [2.45, 2.75) is 19.9 Å². The van der Waals surface area contributed by atoms with Crippen LogP contribution in [0.3, 0.4) is 0 Å². The number of nitrogens with one attached hydrogen (secondary N) is 2. The summed E-state index contributed by atoms with van der Waals surface area (Å²) >= 11 is 0. The first-order valence-electron chi connectivity index (χ1n) is 3.38. The SMILES string of the molecule is CN/C(=C\NC(C)C)OC. The highest BCUT2D eigenvalue weighted by Gasteiger charge is 1.89. The van der Waals surface area contributed by atoms with Gasteiger partial charge in [-0.1, -0.05) is 0 Å². The predicted octanol–water partition coefficient (Wildman–Crippen LogP) is 0.649. The molecule has 0 saturated carbocycles. The van der Waals surface area contributed by atoms with E-state index in [9.17, 15) is 0 Å². The zero-order chi connectivity index (χ0) is 7.98. The highest BCUT2D eigenvalue weighted by Crippen LogP contribution is 1.85. The van der Waals surface area contributed by atoms with Gasteiger partial charge in [0.2, 0.25) is 5.88 Å². The van der Waals surface area contributed by atoms with Crippen molar-refractivity contribution in [3.8, 4) is 0 Å². The molecule has 0 aromatic carbocycles. The van der Waals surface area contributed by atoms with Gasteiger partial charge in [-0.25, -0.2) is 0 Å². The smallest absolute Gasteiger partial charge is 0.202 e. The molecule has 0 aromatic heterocycles. The minimum atomic E-state index is 0.443. The third kappa shape index (κ3) is 4.06. The first-order chi connectivity index (χ1) is 4.70. The number of ether oxygens (including phenoxy) is 1. The Morgan fingerprint density at radius 3 is 2.40 bits per heavy atom. The molecular weight excluding hydrogens is 128 g/mol. The fourth-order valence-electron chi connectivity index (χ4n) is 0.476. The largest absolute Gasteiger partial charge is 0.482 e. The second kappa shape index (κ2) is 4.97. The van der Waals surface area contributed by atoms with E-state index < -0.39 is 0 Å². The lowest BCUT2D eigenvalue weighted by Gasteiger charge is -2.07. The molecule has 10 heavy (non-hydrogen) atoms. The minimum absolute atomic E-state index is 0.443. The molecule has 3 heteroatoms. The van der Waals surface area contributed by atoms with Crippen LogP contribution in [0.4, 0.5) is 0 Å². The quantitative estimate of drug-likeness (QED) is 0.568. The molecule has 0 spiro atoms. The number of hydrogen-bond donors (Lipinski definition) is 2. The lowest BCUT2D eigenvalue weighted by atomic mass is 10.4. The van der Waals surface area contributed by atoms with Crippen molar-refractivity contribution in [3.63, 3.8) is 0 Å². The van der Waals surface area contributed by atoms with Crippen LogP contribution in [-0.4, -0.2) is 20.2 Å². The van der Waals surface area contributed by atoms with Crippen molar-refractivity contribution >= 4 is 0 Å². The second-order valence-electron chi connectivity index (χ2n) is 2.28. The summed E-state index contributed by atoms with van der Waals surface area (Å²) in [7, 11) is 3.45. The molecule has 0 rings (SSSR count). The van der Waals surface area contributed by atoms with Crippen molar-refractivity contribution < 1.29 is 4.74 Å². The van der Waals surface area contributed by atoms with Gasteiger partial charge in [-0.2, -0.15) is 0 Å². The average molecular weight is 144 g/mol. The summed E-state index contributed by atoms with van der Waals surface area (Å²) in [6.45, 7) is 4.14. The number of methoxy groups -OCH3 is 1. The van der Waals surface area contributed by atoms with Crippen LogP contribution < -0.4 is 10.6 Å². The summed E-state index contributed by atoms with van der Waals surface area (Å²) in [5.74, 6) is 0.744. The van der Waals surface area contributed by atoms with Gasteiger partial charge in [-0.3, -0.25) is 0 Å². The molecule has 2 N–H and O–H groups in total. The van der Waals surface area contributed by atoms with Crippen LogP contribution in [0.2, 0.25) is 0 Å². The molecule has 0 aliphatic rings. The Kier molecular flexibility index (Phi) is 4.54. The monoisotopic (exact) mass is 144 g/mol. The Labute approximate surface area is 62.5 Å². The summed E-state index contributed by atoms with van der Waals surface area (Å²) in [5.41, 5.74) is 0. The Hall–Kier alpha value is -0.860. The lowest BCUT2D eigenvalue weighted by molar-refractivity contribution is 0.264. The fraction of sp³-hybridized carbons (Fsp3) is 0.714. The molecule has 0 fully saturated rings. The molecule has 0 atom stereocenters. The van der Waals surface area contributed by atoms with E-state index in [0.29, 0.717) is 6.04 Å². The van der Waals surface area contributed by atoms with E-state index in [1.807, 2.05) is 13.2 Å². The average Bonchev–Trinajstić information content (AvgIpc) is 1.90. The van der Waals surface area contributed by atoms with Gasteiger partial charge in [0.1, 0.15) is 0 Å². The van der Waals surface area contributed by atoms with Crippen LogP contribution in [0, 0.1) is 0 Å². The summed E-state index contributed by atoms with van der Waals surface area (Å²) in [4.78, 5) is 0. The molecule has 3 nitrogen and oxygen atoms in total. The summed E-state index contributed by atoms with van der Waals surface area (Å²) in [5, 5.41) is 5.98. The minimum Gasteiger partial charge on any atom is -0.482 e. The molecule has 0 aromatic rings. The first kappa shape index (κ1) is 9.14. The van der Waals surface area contributed by atoms with Crippen LogP contribution in [-0.2, 0) is 4.74 Å². The van der Waals surface area contributed by atoms with E-state index in [2.05, 4.69) is 24.5 Å². The maximum Gasteiger partial charge on any atom is 0.202 e. The first-order valence-corrected chi connectivity index (χ1v) is 3.38. The van der Waals surface area contributed by atoms with Gasteiger partial charge in [-0.15, -0.1) is 0 Å². The molecule has 0 saturated heterocycles. The highest BCUT2D eigenvalue weighted by molar-refractivity contribution is 4.87. The molecule has 0 unspecified atom stereocenters. The molecule has 0 aliphatic carbocycles. The summed E-state index contributed by atoms with van der Waals surface area (Å²) in [6.07, 6.45) is 1.81. The van der Waals surface area contributed by atoms with E-state index in [-0.39, 0.29) is 0 Å². The number of rotatable bonds is 4. The van der Waals surface area contributed by atoms with Gasteiger partial charge >= 0.3 is 0 Å². The molecule has 0 aliphatic heterocycles. The molecule has 0 bridgehead atoms. The van der Waals surface area contributed by atoms with Crippen LogP contribution in [0.5, 0.6) is 0 Å². The van der Waals surface area contributed by atoms with Crippen LogP contribution in [0.15, 0.2) is 12.1 Å². The van der Waals surface area contributed by atoms with Crippen LogP contribution in [0.25, 0.3) is 0 Å². The molecule has 0 amide bonds. The number of hydrogen-bond acceptors (Lipinski definition) is 3. The van der Waals surface area contributed by atoms with Gasteiger partial charge < -0.3 is 15.4 Å². The summed E-state index contributed by atoms with van der Waals surface area (Å²) in [6, 6.07) is 0.443. The van der Waals surface area contributed by atoms with Gasteiger partial charge in [0.15, 0.2) is 0 Å². The molecular formula is C7H16N2O. The molecule has 60 valence electrons. The third-order valence-corrected chi connectivity index (χ3v) is 1.01. The van der Waals surface area contributed by atoms with Crippen molar-refractivity contribution in [1.29, 1.82) is 0 Å². The molecule has 0 radical (unpaired) electrons. The van der Waals surface area contributed by atoms with Crippen LogP contribution in [0.1, 0.15) is 13.8 Å². The topological polar surface area (TPSA) is 33.3 Å². The van der Waals surface area contributed by atoms with Gasteiger partial charge in [0, 0.05) is 13.1 Å². The van der Waals surface area contributed by atoms with E-state index in [1.54, 1.807) is 7.11 Å². The maximum atomic E-state index is 4.94. The van der Waals surface area contributed by atoms with Crippen LogP contribution >= 0.6 is 0 Å². The van der Waals surface area contributed by atoms with Gasteiger partial charge in [0.05, 0.1) is 13.3 Å². The third-order valence-electron chi connectivity index (χ3n) is 1.01. The standard InChI is InChI=1S/C7H16N2O/c1-6(2)9-5-7(8-3)10-4/h5-6,8-9H,1-4H3/b7-5+. The van der Waals surface area contributed by atoms with Gasteiger partial charge in [0.25, 0.3) is 0 Å². The second-order valence-corrected chi connectivity index (χ2v) is 2.28. The highest BCUT2D eigenvalue weighted by atomic mass is 16.5. The van der Waals surface area contributed by atoms with Gasteiger partial charge in [-0.05, 0) is 13.8 Å². The zero-order valence-corrected chi connectivity index (χ0v) is 7.06. The van der Waals surface area contributed by atoms with Crippen molar-refractivity contribution in [3.05, 3.63) is 12.1 Å². The van der Waals surface area contributed by atoms with Crippen molar-refractivity contribution in [1.82, 2.24) is 10.6 Å². The van der Waals surface area contributed by atoms with E-state index in [4.69, 9.17) is 4.74 Å². The van der Waals surface area contributed by atoms with E-state index >= 15 is 0 Å². The Balaban J connectivity index is 3.63. The summed E-state index contributed by atoms with van der Waals surface area (Å²) < 4.78 is 4.94. The fourth-order valence-corrected chi connectivity index (χ4v) is 0.476. The Bertz CT molecular complexity index is 104. The van der Waals surface area contributed by atoms with E-state index in [0.717, 1.165) is 5.88 Å². The Morgan fingerprint density at radius 1 is 1.50 bits per heavy atom. The predicted molar refractivity (Wildman–Crippen MR) is 42.4 cm³/mol. The lowest BCUT2D eigenvalue weighted by Crippen LogP contribution is -2.19. The normalized spacial score (nSPS) is 11.5. The van der Waals surface area contributed by atoms with E-state index in [1.165, 1.54) is 0 Å². The molecule has 0 heterocycles. The maximum absolute atomic E-state index is 4.94. The Morgan fingerprint density at radius 2 is 2.10 bits per heavy atom.